The van der Waals surface area contributed by atoms with Gasteiger partial charge in [0.05, 0.1) is 21.6 Å². The monoisotopic (exact) mass is 616 g/mol. The smallest absolute Gasteiger partial charge is 0.336 e. The third-order valence-corrected chi connectivity index (χ3v) is 8.45. The number of H-pyrrole nitrogens is 1. The van der Waals surface area contributed by atoms with Crippen molar-refractivity contribution in [3.05, 3.63) is 110 Å². The predicted octanol–water partition coefficient (Wildman–Crippen LogP) is 10.1. The van der Waals surface area contributed by atoms with Gasteiger partial charge in [-0.2, -0.15) is 0 Å². The lowest BCUT2D eigenvalue weighted by Crippen LogP contribution is -2.12. The summed E-state index contributed by atoms with van der Waals surface area (Å²) in [5.41, 5.74) is 7.13. The fourth-order valence-electron chi connectivity index (χ4n) is 6.11. The van der Waals surface area contributed by atoms with Crippen molar-refractivity contribution >= 4 is 46.0 Å². The second-order valence-electron chi connectivity index (χ2n) is 11.0. The molecule has 43 heavy (non-hydrogen) atoms. The number of fused-ring (bicyclic) bond motifs is 1. The van der Waals surface area contributed by atoms with E-state index < -0.39 is 11.8 Å². The third kappa shape index (κ3) is 6.08. The molecule has 1 heterocycles. The topological polar surface area (TPSA) is 83.0 Å². The van der Waals surface area contributed by atoms with Crippen molar-refractivity contribution in [2.24, 2.45) is 0 Å². The molecule has 0 amide bonds. The average molecular weight is 618 g/mol. The highest BCUT2D eigenvalue weighted by Crippen LogP contribution is 2.40. The van der Waals surface area contributed by atoms with E-state index in [1.54, 1.807) is 30.3 Å². The number of carboxylic acids is 1. The van der Waals surface area contributed by atoms with Crippen molar-refractivity contribution in [1.82, 2.24) is 9.97 Å². The Morgan fingerprint density at radius 3 is 2.35 bits per heavy atom. The number of rotatable bonds is 9. The van der Waals surface area contributed by atoms with Gasteiger partial charge in [0.1, 0.15) is 11.6 Å². The number of hydrogen-bond acceptors (Lipinski definition) is 3. The molecular weight excluding hydrogens is 586 g/mol. The summed E-state index contributed by atoms with van der Waals surface area (Å²) in [6.07, 6.45) is 2.03. The van der Waals surface area contributed by atoms with Crippen LogP contribution in [-0.4, -0.2) is 26.8 Å². The summed E-state index contributed by atoms with van der Waals surface area (Å²) in [7, 11) is 0. The maximum atomic E-state index is 14.1. The lowest BCUT2D eigenvalue weighted by atomic mass is 9.82. The van der Waals surface area contributed by atoms with Crippen LogP contribution in [0.2, 0.25) is 10.0 Å². The maximum absolute atomic E-state index is 14.1. The van der Waals surface area contributed by atoms with Crippen LogP contribution in [0.25, 0.3) is 33.5 Å². The van der Waals surface area contributed by atoms with Crippen LogP contribution in [-0.2, 0) is 0 Å². The van der Waals surface area contributed by atoms with Gasteiger partial charge in [0.25, 0.3) is 0 Å². The zero-order chi connectivity index (χ0) is 31.0. The van der Waals surface area contributed by atoms with Gasteiger partial charge in [-0.05, 0) is 73.6 Å². The third-order valence-electron chi connectivity index (χ3n) is 7.85. The summed E-state index contributed by atoms with van der Waals surface area (Å²) in [6.45, 7) is 8.32. The van der Waals surface area contributed by atoms with Crippen LogP contribution in [0.5, 0.6) is 0 Å². The summed E-state index contributed by atoms with van der Waals surface area (Å²) in [6, 6.07) is 16.8. The molecule has 0 aliphatic rings. The van der Waals surface area contributed by atoms with Gasteiger partial charge in [-0.25, -0.2) is 14.2 Å². The number of aromatic nitrogens is 2. The quantitative estimate of drug-likeness (QED) is 0.161. The summed E-state index contributed by atoms with van der Waals surface area (Å²) in [4.78, 5) is 33.9. The van der Waals surface area contributed by atoms with E-state index in [1.807, 2.05) is 0 Å². The molecule has 1 atom stereocenters. The number of Topliss-reactive ketones (excluding diaryl/α,β-unsaturated/α-hetero) is 1. The second-order valence-corrected chi connectivity index (χ2v) is 11.8. The number of nitrogens with one attached hydrogen (secondary N) is 1. The number of ketones is 1. The van der Waals surface area contributed by atoms with E-state index in [1.165, 1.54) is 29.3 Å². The molecular formula is C35H31Cl2FN2O3. The van der Waals surface area contributed by atoms with Gasteiger partial charge in [-0.3, -0.25) is 4.79 Å². The molecule has 5 nitrogen and oxygen atoms in total. The first-order chi connectivity index (χ1) is 20.5. The summed E-state index contributed by atoms with van der Waals surface area (Å²) < 4.78 is 14.1. The number of halogens is 3. The van der Waals surface area contributed by atoms with Gasteiger partial charge in [0.2, 0.25) is 0 Å². The van der Waals surface area contributed by atoms with E-state index >= 15 is 0 Å². The first-order valence-electron chi connectivity index (χ1n) is 14.1. The Balaban J connectivity index is 1.56. The van der Waals surface area contributed by atoms with Crippen molar-refractivity contribution in [1.29, 1.82) is 0 Å². The summed E-state index contributed by atoms with van der Waals surface area (Å²) in [5.74, 6) is -1.51. The SMILES string of the molecule is CCCC(CC(=O)c1ccc(-c2c(Cl)cccc2-c2nc3cc(Cl)c(F)cc3[nH]2)c(C(=O)O)c1)c1c(C)cc(C)cc1C. The molecule has 4 aromatic carbocycles. The molecule has 5 aromatic rings. The molecule has 0 bridgehead atoms. The molecule has 8 heteroatoms. The number of aryl methyl sites for hydroxylation is 3. The highest BCUT2D eigenvalue weighted by Gasteiger charge is 2.24. The lowest BCUT2D eigenvalue weighted by Gasteiger charge is -2.22. The number of aromatic carboxylic acids is 1. The summed E-state index contributed by atoms with van der Waals surface area (Å²) >= 11 is 12.6. The van der Waals surface area contributed by atoms with Crippen LogP contribution in [0.15, 0.2) is 60.7 Å². The van der Waals surface area contributed by atoms with Gasteiger partial charge >= 0.3 is 5.97 Å². The average Bonchev–Trinajstić information content (AvgIpc) is 3.34. The van der Waals surface area contributed by atoms with Crippen molar-refractivity contribution in [2.45, 2.75) is 52.9 Å². The second kappa shape index (κ2) is 12.3. The van der Waals surface area contributed by atoms with Crippen LogP contribution in [0.1, 0.15) is 75.1 Å². The number of carboxylic acid groups (broad SMARTS) is 1. The summed E-state index contributed by atoms with van der Waals surface area (Å²) in [5, 5.41) is 10.5. The zero-order valence-corrected chi connectivity index (χ0v) is 25.8. The minimum Gasteiger partial charge on any atom is -0.478 e. The first-order valence-corrected chi connectivity index (χ1v) is 14.9. The normalized spacial score (nSPS) is 12.1. The van der Waals surface area contributed by atoms with Gasteiger partial charge in [0.15, 0.2) is 5.78 Å². The Hall–Kier alpha value is -4.00. The van der Waals surface area contributed by atoms with Crippen LogP contribution >= 0.6 is 23.2 Å². The Kier molecular flexibility index (Phi) is 8.72. The molecule has 0 fully saturated rings. The highest BCUT2D eigenvalue weighted by atomic mass is 35.5. The van der Waals surface area contributed by atoms with E-state index in [0.29, 0.717) is 44.1 Å². The number of nitrogens with zero attached hydrogens (tertiary/aromatic N) is 1. The minimum absolute atomic E-state index is 0.0210. The maximum Gasteiger partial charge on any atom is 0.336 e. The van der Waals surface area contributed by atoms with Crippen LogP contribution < -0.4 is 0 Å². The number of hydrogen-bond donors (Lipinski definition) is 2. The van der Waals surface area contributed by atoms with Crippen LogP contribution in [0, 0.1) is 26.6 Å². The Morgan fingerprint density at radius 2 is 1.67 bits per heavy atom. The predicted molar refractivity (Wildman–Crippen MR) is 171 cm³/mol. The van der Waals surface area contributed by atoms with Crippen molar-refractivity contribution in [3.8, 4) is 22.5 Å². The number of aromatic amines is 1. The van der Waals surface area contributed by atoms with Gasteiger partial charge in [-0.1, -0.05) is 78.5 Å². The van der Waals surface area contributed by atoms with Crippen LogP contribution in [0.4, 0.5) is 4.39 Å². The molecule has 0 aliphatic carbocycles. The zero-order valence-electron chi connectivity index (χ0n) is 24.3. The number of carbonyl (C=O) groups excluding carboxylic acids is 1. The lowest BCUT2D eigenvalue weighted by molar-refractivity contribution is 0.0697. The number of imidazole rings is 1. The molecule has 0 saturated carbocycles. The van der Waals surface area contributed by atoms with Gasteiger partial charge < -0.3 is 10.1 Å². The van der Waals surface area contributed by atoms with E-state index in [2.05, 4.69) is 49.8 Å². The molecule has 5 rings (SSSR count). The van der Waals surface area contributed by atoms with Crippen molar-refractivity contribution in [2.75, 3.05) is 0 Å². The fourth-order valence-corrected chi connectivity index (χ4v) is 6.55. The van der Waals surface area contributed by atoms with Gasteiger partial charge in [0, 0.05) is 34.2 Å². The Morgan fingerprint density at radius 1 is 0.953 bits per heavy atom. The molecule has 0 saturated heterocycles. The Bertz CT molecular complexity index is 1830. The molecule has 0 radical (unpaired) electrons. The standard InChI is InChI=1S/C35H31Cl2FN2O3/c1-5-7-22(32-19(3)12-18(2)13-20(32)4)15-31(41)21-10-11-23(25(14-21)35(42)43)33-24(8-6-9-26(33)36)34-39-29-16-27(37)28(38)17-30(29)40-34/h6,8-14,16-17,22H,5,7,15H2,1-4H3,(H,39,40)(H,42,43). The first kappa shape index (κ1) is 30.5. The van der Waals surface area contributed by atoms with E-state index in [-0.39, 0.29) is 28.7 Å². The van der Waals surface area contributed by atoms with E-state index in [4.69, 9.17) is 23.2 Å². The Labute approximate surface area is 259 Å². The molecule has 220 valence electrons. The highest BCUT2D eigenvalue weighted by molar-refractivity contribution is 6.34. The molecule has 0 spiro atoms. The molecule has 0 aliphatic heterocycles. The van der Waals surface area contributed by atoms with Crippen molar-refractivity contribution < 1.29 is 19.1 Å². The van der Waals surface area contributed by atoms with Crippen molar-refractivity contribution in [3.63, 3.8) is 0 Å². The number of carbonyl (C=O) groups is 2. The van der Waals surface area contributed by atoms with E-state index in [9.17, 15) is 19.1 Å². The fraction of sp³-hybridized carbons (Fsp3) is 0.229. The minimum atomic E-state index is -1.19. The largest absolute Gasteiger partial charge is 0.478 e. The molecule has 1 aromatic heterocycles. The molecule has 1 unspecified atom stereocenters. The molecule has 2 N–H and O–H groups in total. The van der Waals surface area contributed by atoms with E-state index in [0.717, 1.165) is 24.0 Å². The van der Waals surface area contributed by atoms with Crippen LogP contribution in [0.3, 0.4) is 0 Å². The number of benzene rings is 4. The van der Waals surface area contributed by atoms with Gasteiger partial charge in [-0.15, -0.1) is 0 Å².